The van der Waals surface area contributed by atoms with Crippen LogP contribution >= 0.6 is 0 Å². The van der Waals surface area contributed by atoms with Crippen LogP contribution in [0.5, 0.6) is 34.5 Å². The fraction of sp³-hybridized carbons (Fsp3) is 0. The standard InChI is InChI=1S/C60H37NO3/c1-3-17-43-41(15-1)46-19-6-11-29-57(46)63-59-50(43)23-13-25-53(59)61(54-26-14-24-51-44-18-4-2-16-42(44)47-20-7-12-30-58(47)64-60(51)54)40-34-31-38(32-35-40)39-33-36-45-48-21-5-9-27-55(48)62-56-28-10-8-22-49(56)52(45)37-39/h1-37H. The van der Waals surface area contributed by atoms with Gasteiger partial charge in [-0.25, -0.2) is 0 Å². The van der Waals surface area contributed by atoms with Crippen LogP contribution < -0.4 is 19.1 Å². The molecular weight excluding hydrogens is 783 g/mol. The number of para-hydroxylation sites is 6. The molecule has 0 bridgehead atoms. The van der Waals surface area contributed by atoms with Crippen molar-refractivity contribution in [1.82, 2.24) is 0 Å². The molecule has 0 saturated heterocycles. The Kier molecular flexibility index (Phi) is 8.18. The van der Waals surface area contributed by atoms with Crippen LogP contribution in [0.2, 0.25) is 0 Å². The zero-order valence-corrected chi connectivity index (χ0v) is 34.5. The molecule has 13 rings (SSSR count). The summed E-state index contributed by atoms with van der Waals surface area (Å²) in [4.78, 5) is 2.30. The van der Waals surface area contributed by atoms with Crippen LogP contribution in [-0.2, 0) is 0 Å². The molecule has 300 valence electrons. The van der Waals surface area contributed by atoms with Crippen LogP contribution in [-0.4, -0.2) is 0 Å². The summed E-state index contributed by atoms with van der Waals surface area (Å²) in [6.07, 6.45) is 0. The number of fused-ring (bicyclic) bond motifs is 15. The highest BCUT2D eigenvalue weighted by molar-refractivity contribution is 5.99. The van der Waals surface area contributed by atoms with E-state index in [1.54, 1.807) is 0 Å². The quantitative estimate of drug-likeness (QED) is 0.177. The predicted octanol–water partition coefficient (Wildman–Crippen LogP) is 17.1. The minimum absolute atomic E-state index is 0.767. The third-order valence-electron chi connectivity index (χ3n) is 12.7. The van der Waals surface area contributed by atoms with E-state index in [-0.39, 0.29) is 0 Å². The van der Waals surface area contributed by atoms with Gasteiger partial charge in [-0.1, -0.05) is 170 Å². The Hall–Kier alpha value is -8.60. The Balaban J connectivity index is 1.01. The van der Waals surface area contributed by atoms with Gasteiger partial charge in [0.15, 0.2) is 11.5 Å². The maximum Gasteiger partial charge on any atom is 0.159 e. The minimum Gasteiger partial charge on any atom is -0.456 e. The van der Waals surface area contributed by atoms with Gasteiger partial charge in [0.05, 0.1) is 11.4 Å². The van der Waals surface area contributed by atoms with Gasteiger partial charge in [0.2, 0.25) is 0 Å². The molecule has 4 heteroatoms. The predicted molar refractivity (Wildman–Crippen MR) is 259 cm³/mol. The van der Waals surface area contributed by atoms with Crippen molar-refractivity contribution in [3.63, 3.8) is 0 Å². The zero-order chi connectivity index (χ0) is 42.1. The SMILES string of the molecule is c1ccc2c(c1)Oc1ccccc1-c1cc(-c3ccc(N(c4cccc5c4Oc4ccccc4-c4ccccc4-5)c4cccc5c4Oc4ccccc4-c4ccccc4-5)cc3)ccc1-2. The summed E-state index contributed by atoms with van der Waals surface area (Å²) in [5.41, 5.74) is 18.0. The fourth-order valence-electron chi connectivity index (χ4n) is 9.79. The molecule has 0 fully saturated rings. The lowest BCUT2D eigenvalue weighted by molar-refractivity contribution is 0.485. The highest BCUT2D eigenvalue weighted by atomic mass is 16.5. The van der Waals surface area contributed by atoms with Gasteiger partial charge in [0.25, 0.3) is 0 Å². The number of rotatable bonds is 4. The van der Waals surface area contributed by atoms with Crippen molar-refractivity contribution in [3.05, 3.63) is 224 Å². The normalized spacial score (nSPS) is 12.1. The third-order valence-corrected chi connectivity index (χ3v) is 12.7. The molecule has 3 heterocycles. The first-order chi connectivity index (χ1) is 31.7. The Bertz CT molecular complexity index is 3360. The second kappa shape index (κ2) is 14.5. The van der Waals surface area contributed by atoms with Gasteiger partial charge < -0.3 is 19.1 Å². The van der Waals surface area contributed by atoms with Crippen molar-refractivity contribution in [2.75, 3.05) is 4.90 Å². The Labute approximate surface area is 371 Å². The minimum atomic E-state index is 0.767. The van der Waals surface area contributed by atoms with E-state index in [4.69, 9.17) is 14.2 Å². The zero-order valence-electron chi connectivity index (χ0n) is 34.5. The smallest absolute Gasteiger partial charge is 0.159 e. The monoisotopic (exact) mass is 819 g/mol. The van der Waals surface area contributed by atoms with Crippen LogP contribution in [0.15, 0.2) is 224 Å². The first-order valence-corrected chi connectivity index (χ1v) is 21.7. The van der Waals surface area contributed by atoms with Crippen molar-refractivity contribution in [3.8, 4) is 112 Å². The van der Waals surface area contributed by atoms with Crippen LogP contribution in [0.1, 0.15) is 0 Å². The van der Waals surface area contributed by atoms with Crippen LogP contribution in [0.4, 0.5) is 17.1 Å². The highest BCUT2D eigenvalue weighted by Crippen LogP contribution is 2.57. The lowest BCUT2D eigenvalue weighted by atomic mass is 9.91. The van der Waals surface area contributed by atoms with E-state index < -0.39 is 0 Å². The molecule has 0 spiro atoms. The Morgan fingerprint density at radius 2 is 0.578 bits per heavy atom. The van der Waals surface area contributed by atoms with E-state index in [0.29, 0.717) is 0 Å². The van der Waals surface area contributed by atoms with E-state index in [9.17, 15) is 0 Å². The van der Waals surface area contributed by atoms with Crippen LogP contribution in [0.3, 0.4) is 0 Å². The molecule has 0 aromatic heterocycles. The second-order valence-electron chi connectivity index (χ2n) is 16.3. The molecule has 0 N–H and O–H groups in total. The van der Waals surface area contributed by atoms with E-state index in [0.717, 1.165) is 129 Å². The van der Waals surface area contributed by atoms with E-state index in [1.807, 2.05) is 36.4 Å². The van der Waals surface area contributed by atoms with E-state index >= 15 is 0 Å². The molecule has 0 amide bonds. The molecule has 4 nitrogen and oxygen atoms in total. The molecule has 10 aromatic rings. The van der Waals surface area contributed by atoms with Gasteiger partial charge in [-0.15, -0.1) is 0 Å². The average molecular weight is 820 g/mol. The van der Waals surface area contributed by atoms with Crippen molar-refractivity contribution >= 4 is 17.1 Å². The van der Waals surface area contributed by atoms with Crippen LogP contribution in [0.25, 0.3) is 77.9 Å². The Morgan fingerprint density at radius 3 is 1.05 bits per heavy atom. The maximum atomic E-state index is 7.14. The molecule has 64 heavy (non-hydrogen) atoms. The van der Waals surface area contributed by atoms with Gasteiger partial charge in [0, 0.05) is 39.1 Å². The molecule has 0 radical (unpaired) electrons. The number of nitrogens with zero attached hydrogens (tertiary/aromatic N) is 1. The van der Waals surface area contributed by atoms with Gasteiger partial charge in [-0.05, 0) is 99.1 Å². The number of hydrogen-bond acceptors (Lipinski definition) is 4. The molecule has 0 atom stereocenters. The average Bonchev–Trinajstić information content (AvgIpc) is 3.67. The fourth-order valence-corrected chi connectivity index (χ4v) is 9.79. The lowest BCUT2D eigenvalue weighted by Gasteiger charge is -2.30. The molecule has 10 aromatic carbocycles. The van der Waals surface area contributed by atoms with Gasteiger partial charge >= 0.3 is 0 Å². The number of ether oxygens (including phenoxy) is 3. The van der Waals surface area contributed by atoms with E-state index in [2.05, 4.69) is 193 Å². The molecular formula is C60H37NO3. The molecule has 0 saturated carbocycles. The summed E-state index contributed by atoms with van der Waals surface area (Å²) in [6.45, 7) is 0. The van der Waals surface area contributed by atoms with Crippen LogP contribution in [0, 0.1) is 0 Å². The van der Waals surface area contributed by atoms with E-state index in [1.165, 1.54) is 0 Å². The highest BCUT2D eigenvalue weighted by Gasteiger charge is 2.31. The lowest BCUT2D eigenvalue weighted by Crippen LogP contribution is -2.13. The summed E-state index contributed by atoms with van der Waals surface area (Å²) in [7, 11) is 0. The maximum absolute atomic E-state index is 7.14. The first kappa shape index (κ1) is 36.1. The largest absolute Gasteiger partial charge is 0.456 e. The summed E-state index contributed by atoms with van der Waals surface area (Å²) >= 11 is 0. The van der Waals surface area contributed by atoms with Crippen molar-refractivity contribution in [1.29, 1.82) is 0 Å². The first-order valence-electron chi connectivity index (χ1n) is 21.7. The third kappa shape index (κ3) is 5.70. The van der Waals surface area contributed by atoms with Gasteiger partial charge in [0.1, 0.15) is 23.0 Å². The summed E-state index contributed by atoms with van der Waals surface area (Å²) in [6, 6.07) is 78.9. The summed E-state index contributed by atoms with van der Waals surface area (Å²) in [5.74, 6) is 4.85. The summed E-state index contributed by atoms with van der Waals surface area (Å²) in [5, 5.41) is 0. The second-order valence-corrected chi connectivity index (χ2v) is 16.3. The number of benzene rings is 10. The number of anilines is 3. The van der Waals surface area contributed by atoms with Gasteiger partial charge in [-0.3, -0.25) is 0 Å². The van der Waals surface area contributed by atoms with Crippen molar-refractivity contribution in [2.24, 2.45) is 0 Å². The Morgan fingerprint density at radius 1 is 0.234 bits per heavy atom. The molecule has 0 aliphatic carbocycles. The topological polar surface area (TPSA) is 30.9 Å². The van der Waals surface area contributed by atoms with Crippen molar-refractivity contribution in [2.45, 2.75) is 0 Å². The summed E-state index contributed by atoms with van der Waals surface area (Å²) < 4.78 is 20.8. The molecule has 3 aliphatic heterocycles. The molecule has 0 unspecified atom stereocenters. The van der Waals surface area contributed by atoms with Crippen molar-refractivity contribution < 1.29 is 14.2 Å². The van der Waals surface area contributed by atoms with Gasteiger partial charge in [-0.2, -0.15) is 0 Å². The molecule has 3 aliphatic rings. The number of hydrogen-bond donors (Lipinski definition) is 0.